The minimum absolute atomic E-state index is 0.220. The van der Waals surface area contributed by atoms with Gasteiger partial charge < -0.3 is 0 Å². The Balaban J connectivity index is 2.53. The van der Waals surface area contributed by atoms with Crippen LogP contribution in [0.1, 0.15) is 21.7 Å². The first-order valence-corrected chi connectivity index (χ1v) is 5.06. The number of carbonyl (C=O) groups excluding carboxylic acids is 1. The molecule has 0 bridgehead atoms. The smallest absolute Gasteiger partial charge is 0.193 e. The van der Waals surface area contributed by atoms with Gasteiger partial charge >= 0.3 is 0 Å². The van der Waals surface area contributed by atoms with Crippen molar-refractivity contribution in [1.29, 1.82) is 0 Å². The summed E-state index contributed by atoms with van der Waals surface area (Å²) in [5.41, 5.74) is 4.19. The monoisotopic (exact) mass is 212 g/mol. The number of rotatable bonds is 2. The molecule has 80 valence electrons. The van der Waals surface area contributed by atoms with E-state index in [1.54, 1.807) is 6.20 Å². The van der Waals surface area contributed by atoms with Crippen molar-refractivity contribution in [3.8, 4) is 11.3 Å². The third-order valence-electron chi connectivity index (χ3n) is 2.44. The van der Waals surface area contributed by atoms with Crippen LogP contribution in [0.25, 0.3) is 11.3 Å². The molecule has 0 fully saturated rings. The van der Waals surface area contributed by atoms with Gasteiger partial charge in [-0.05, 0) is 25.5 Å². The predicted molar refractivity (Wildman–Crippen MR) is 62.3 cm³/mol. The molecule has 0 radical (unpaired) electrons. The molecule has 3 nitrogen and oxygen atoms in total. The van der Waals surface area contributed by atoms with Gasteiger partial charge in [0.05, 0.1) is 5.69 Å². The van der Waals surface area contributed by atoms with Crippen molar-refractivity contribution in [3.05, 3.63) is 47.4 Å². The lowest BCUT2D eigenvalue weighted by Crippen LogP contribution is -1.95. The highest BCUT2D eigenvalue weighted by molar-refractivity contribution is 5.71. The maximum absolute atomic E-state index is 10.6. The molecular weight excluding hydrogens is 200 g/mol. The zero-order valence-corrected chi connectivity index (χ0v) is 9.27. The number of hydrogen-bond acceptors (Lipinski definition) is 3. The molecule has 1 heterocycles. The summed E-state index contributed by atoms with van der Waals surface area (Å²) >= 11 is 0. The minimum atomic E-state index is 0.220. The summed E-state index contributed by atoms with van der Waals surface area (Å²) in [6.07, 6.45) is 2.26. The maximum atomic E-state index is 10.6. The standard InChI is InChI=1S/C13H12N2O/c1-9-3-4-11(10(2)7-9)12-5-6-14-13(8-16)15-12/h3-8H,1-2H3. The average molecular weight is 212 g/mol. The molecule has 0 unspecified atom stereocenters. The topological polar surface area (TPSA) is 42.9 Å². The second kappa shape index (κ2) is 4.23. The van der Waals surface area contributed by atoms with Crippen molar-refractivity contribution < 1.29 is 4.79 Å². The number of carbonyl (C=O) groups is 1. The third kappa shape index (κ3) is 1.98. The Kier molecular flexibility index (Phi) is 2.77. The normalized spacial score (nSPS) is 10.1. The first kappa shape index (κ1) is 10.5. The second-order valence-corrected chi connectivity index (χ2v) is 3.74. The maximum Gasteiger partial charge on any atom is 0.193 e. The largest absolute Gasteiger partial charge is 0.294 e. The quantitative estimate of drug-likeness (QED) is 0.718. The fraction of sp³-hybridized carbons (Fsp3) is 0.154. The Labute approximate surface area is 94.2 Å². The van der Waals surface area contributed by atoms with E-state index >= 15 is 0 Å². The van der Waals surface area contributed by atoms with E-state index in [0.717, 1.165) is 16.8 Å². The number of aryl methyl sites for hydroxylation is 2. The molecule has 0 aliphatic heterocycles. The number of hydrogen-bond donors (Lipinski definition) is 0. The molecular formula is C13H12N2O. The van der Waals surface area contributed by atoms with Gasteiger partial charge in [0.2, 0.25) is 0 Å². The van der Waals surface area contributed by atoms with Crippen LogP contribution in [-0.4, -0.2) is 16.3 Å². The van der Waals surface area contributed by atoms with Gasteiger partial charge in [0.15, 0.2) is 12.1 Å². The lowest BCUT2D eigenvalue weighted by Gasteiger charge is -2.06. The van der Waals surface area contributed by atoms with E-state index in [4.69, 9.17) is 0 Å². The lowest BCUT2D eigenvalue weighted by molar-refractivity contribution is 0.111. The summed E-state index contributed by atoms with van der Waals surface area (Å²) in [6.45, 7) is 4.08. The highest BCUT2D eigenvalue weighted by Crippen LogP contribution is 2.21. The van der Waals surface area contributed by atoms with Gasteiger partial charge in [0.25, 0.3) is 0 Å². The van der Waals surface area contributed by atoms with Gasteiger partial charge in [-0.1, -0.05) is 23.8 Å². The van der Waals surface area contributed by atoms with Crippen LogP contribution in [0.3, 0.4) is 0 Å². The van der Waals surface area contributed by atoms with Crippen LogP contribution in [0, 0.1) is 13.8 Å². The Morgan fingerprint density at radius 3 is 2.69 bits per heavy atom. The van der Waals surface area contributed by atoms with E-state index in [0.29, 0.717) is 6.29 Å². The molecule has 16 heavy (non-hydrogen) atoms. The van der Waals surface area contributed by atoms with Crippen molar-refractivity contribution in [2.75, 3.05) is 0 Å². The van der Waals surface area contributed by atoms with Crippen molar-refractivity contribution >= 4 is 6.29 Å². The number of aldehydes is 1. The summed E-state index contributed by atoms with van der Waals surface area (Å²) in [6, 6.07) is 7.95. The Hall–Kier alpha value is -2.03. The fourth-order valence-corrected chi connectivity index (χ4v) is 1.68. The Bertz CT molecular complexity index is 535. The summed E-state index contributed by atoms with van der Waals surface area (Å²) in [7, 11) is 0. The van der Waals surface area contributed by atoms with Gasteiger partial charge in [0, 0.05) is 11.8 Å². The molecule has 2 aromatic rings. The Morgan fingerprint density at radius 1 is 1.19 bits per heavy atom. The second-order valence-electron chi connectivity index (χ2n) is 3.74. The molecule has 0 aliphatic carbocycles. The molecule has 0 saturated carbocycles. The molecule has 1 aromatic heterocycles. The SMILES string of the molecule is Cc1ccc(-c2ccnc(C=O)n2)c(C)c1. The zero-order chi connectivity index (χ0) is 11.5. The highest BCUT2D eigenvalue weighted by Gasteiger charge is 2.04. The van der Waals surface area contributed by atoms with Crippen LogP contribution in [0.2, 0.25) is 0 Å². The van der Waals surface area contributed by atoms with Gasteiger partial charge in [-0.3, -0.25) is 4.79 Å². The van der Waals surface area contributed by atoms with E-state index in [2.05, 4.69) is 16.0 Å². The van der Waals surface area contributed by atoms with Crippen LogP contribution >= 0.6 is 0 Å². The molecule has 1 aromatic carbocycles. The van der Waals surface area contributed by atoms with Crippen LogP contribution in [-0.2, 0) is 0 Å². The molecule has 0 spiro atoms. The molecule has 0 amide bonds. The van der Waals surface area contributed by atoms with Gasteiger partial charge in [-0.15, -0.1) is 0 Å². The molecule has 0 atom stereocenters. The molecule has 3 heteroatoms. The van der Waals surface area contributed by atoms with Crippen molar-refractivity contribution in [2.24, 2.45) is 0 Å². The van der Waals surface area contributed by atoms with Crippen LogP contribution in [0.5, 0.6) is 0 Å². The highest BCUT2D eigenvalue weighted by atomic mass is 16.1. The zero-order valence-electron chi connectivity index (χ0n) is 9.27. The summed E-state index contributed by atoms with van der Waals surface area (Å²) in [5.74, 6) is 0.220. The number of aromatic nitrogens is 2. The summed E-state index contributed by atoms with van der Waals surface area (Å²) in [5, 5.41) is 0. The average Bonchev–Trinajstić information content (AvgIpc) is 2.29. The first-order valence-electron chi connectivity index (χ1n) is 5.06. The van der Waals surface area contributed by atoms with Crippen LogP contribution in [0.15, 0.2) is 30.5 Å². The van der Waals surface area contributed by atoms with Crippen LogP contribution < -0.4 is 0 Å². The van der Waals surface area contributed by atoms with E-state index in [9.17, 15) is 4.79 Å². The van der Waals surface area contributed by atoms with E-state index in [1.807, 2.05) is 32.0 Å². The third-order valence-corrected chi connectivity index (χ3v) is 2.44. The first-order chi connectivity index (χ1) is 7.70. The Morgan fingerprint density at radius 2 is 2.00 bits per heavy atom. The molecule has 0 aliphatic rings. The summed E-state index contributed by atoms with van der Waals surface area (Å²) in [4.78, 5) is 18.6. The van der Waals surface area contributed by atoms with Gasteiger partial charge in [-0.25, -0.2) is 9.97 Å². The van der Waals surface area contributed by atoms with E-state index in [-0.39, 0.29) is 5.82 Å². The van der Waals surface area contributed by atoms with Crippen LogP contribution in [0.4, 0.5) is 0 Å². The predicted octanol–water partition coefficient (Wildman–Crippen LogP) is 2.57. The molecule has 0 saturated heterocycles. The van der Waals surface area contributed by atoms with Crippen molar-refractivity contribution in [3.63, 3.8) is 0 Å². The number of nitrogens with zero attached hydrogens (tertiary/aromatic N) is 2. The molecule has 0 N–H and O–H groups in total. The lowest BCUT2D eigenvalue weighted by atomic mass is 10.0. The van der Waals surface area contributed by atoms with E-state index in [1.165, 1.54) is 5.56 Å². The minimum Gasteiger partial charge on any atom is -0.294 e. The van der Waals surface area contributed by atoms with Crippen molar-refractivity contribution in [1.82, 2.24) is 9.97 Å². The molecule has 2 rings (SSSR count). The van der Waals surface area contributed by atoms with Crippen molar-refractivity contribution in [2.45, 2.75) is 13.8 Å². The fourth-order valence-electron chi connectivity index (χ4n) is 1.68. The van der Waals surface area contributed by atoms with E-state index < -0.39 is 0 Å². The number of benzene rings is 1. The summed E-state index contributed by atoms with van der Waals surface area (Å²) < 4.78 is 0. The van der Waals surface area contributed by atoms with Gasteiger partial charge in [0.1, 0.15) is 0 Å². The van der Waals surface area contributed by atoms with Gasteiger partial charge in [-0.2, -0.15) is 0 Å².